The van der Waals surface area contributed by atoms with Crippen LogP contribution < -0.4 is 10.6 Å². The largest absolute Gasteiger partial charge is 0.344 e. The molecule has 3 N–H and O–H groups in total. The average Bonchev–Trinajstić information content (AvgIpc) is 3.32. The fourth-order valence-electron chi connectivity index (χ4n) is 5.10. The molecule has 1 unspecified atom stereocenters. The van der Waals surface area contributed by atoms with Gasteiger partial charge in [0, 0.05) is 24.4 Å². The van der Waals surface area contributed by atoms with Crippen LogP contribution in [0.5, 0.6) is 0 Å². The number of benzene rings is 1. The second-order valence-corrected chi connectivity index (χ2v) is 13.8. The second kappa shape index (κ2) is 11.3. The molecule has 1 saturated carbocycles. The van der Waals surface area contributed by atoms with Gasteiger partial charge in [-0.05, 0) is 43.2 Å². The monoisotopic (exact) mass is 553 g/mol. The van der Waals surface area contributed by atoms with Crippen molar-refractivity contribution in [2.75, 3.05) is 6.54 Å². The first-order valence-corrected chi connectivity index (χ1v) is 14.8. The zero-order valence-corrected chi connectivity index (χ0v) is 23.3. The van der Waals surface area contributed by atoms with Gasteiger partial charge in [0.1, 0.15) is 29.0 Å². The highest BCUT2D eigenvalue weighted by Gasteiger charge is 2.65. The fraction of sp³-hybridized carbons (Fsp3) is 0.593. The normalized spacial score (nSPS) is 25.3. The predicted octanol–water partition coefficient (Wildman–Crippen LogP) is 4.08. The van der Waals surface area contributed by atoms with E-state index in [9.17, 15) is 32.6 Å². The third-order valence-electron chi connectivity index (χ3n) is 7.40. The van der Waals surface area contributed by atoms with Crippen LogP contribution in [0.4, 0.5) is 8.78 Å². The third-order valence-corrected chi connectivity index (χ3v) is 10.0. The Morgan fingerprint density at radius 3 is 2.45 bits per heavy atom. The predicted molar refractivity (Wildman–Crippen MR) is 140 cm³/mol. The Kier molecular flexibility index (Phi) is 8.88. The average molecular weight is 554 g/mol. The maximum atomic E-state index is 14.3. The van der Waals surface area contributed by atoms with E-state index in [-0.39, 0.29) is 18.7 Å². The molecule has 1 heterocycles. The van der Waals surface area contributed by atoms with Crippen molar-refractivity contribution in [3.05, 3.63) is 48.1 Å². The molecule has 3 rings (SSSR count). The lowest BCUT2D eigenvalue weighted by Gasteiger charge is -2.36. The van der Waals surface area contributed by atoms with E-state index in [1.54, 1.807) is 0 Å². The molecule has 0 aromatic heterocycles. The van der Waals surface area contributed by atoms with Crippen LogP contribution in [-0.2, 0) is 25.1 Å². The van der Waals surface area contributed by atoms with Crippen LogP contribution in [0.3, 0.4) is 0 Å². The molecule has 1 aromatic carbocycles. The van der Waals surface area contributed by atoms with Crippen molar-refractivity contribution in [3.8, 4) is 0 Å². The van der Waals surface area contributed by atoms with Crippen LogP contribution in [0.1, 0.15) is 65.4 Å². The van der Waals surface area contributed by atoms with Crippen LogP contribution in [0.15, 0.2) is 30.9 Å². The molecule has 210 valence electrons. The standard InChI is InChI=1S/C27H38F2N3O5P/c1-6-10-22(33)30-23(26(3,4)5)25(35)32-14-9-13-21(32)24(34)31-27(15-17(27)7-2)38(36,37)16-18-19(28)11-8-12-20(18)29/h7-8,11-12,17,21,23H,2,6,9-10,13-16H2,1,3-5H3,(H,30,33)(H,31,34)(H,36,37)/t17-,21+,23-,27+/m1/s1. The molecule has 8 nitrogen and oxygen atoms in total. The minimum atomic E-state index is -4.39. The molecule has 1 aliphatic carbocycles. The number of likely N-dealkylation sites (tertiary alicyclic amines) is 1. The number of carbonyl (C=O) groups is 3. The van der Waals surface area contributed by atoms with Crippen LogP contribution in [0.25, 0.3) is 0 Å². The number of nitrogens with zero attached hydrogens (tertiary/aromatic N) is 1. The van der Waals surface area contributed by atoms with Crippen LogP contribution in [0, 0.1) is 23.0 Å². The maximum Gasteiger partial charge on any atom is 0.246 e. The number of hydrogen-bond acceptors (Lipinski definition) is 4. The summed E-state index contributed by atoms with van der Waals surface area (Å²) in [5.41, 5.74) is -1.14. The Hall–Kier alpha value is -2.58. The van der Waals surface area contributed by atoms with E-state index < -0.39 is 71.2 Å². The van der Waals surface area contributed by atoms with E-state index in [1.165, 1.54) is 17.0 Å². The third kappa shape index (κ3) is 6.01. The molecule has 1 saturated heterocycles. The number of nitrogens with one attached hydrogen (secondary N) is 2. The Balaban J connectivity index is 1.83. The van der Waals surface area contributed by atoms with Gasteiger partial charge >= 0.3 is 0 Å². The van der Waals surface area contributed by atoms with Gasteiger partial charge in [0.25, 0.3) is 0 Å². The van der Waals surface area contributed by atoms with E-state index in [4.69, 9.17) is 0 Å². The summed E-state index contributed by atoms with van der Waals surface area (Å²) in [6, 6.07) is 1.41. The van der Waals surface area contributed by atoms with Gasteiger partial charge in [-0.25, -0.2) is 8.78 Å². The molecular weight excluding hydrogens is 515 g/mol. The SMILES string of the molecule is C=C[C@@H]1C[C@]1(NC(=O)[C@@H]1CCCN1C(=O)[C@@H](NC(=O)CCC)C(C)(C)C)P(=O)(O)Cc1c(F)cccc1F. The van der Waals surface area contributed by atoms with Crippen molar-refractivity contribution in [2.45, 2.75) is 83.3 Å². The minimum Gasteiger partial charge on any atom is -0.344 e. The number of carbonyl (C=O) groups excluding carboxylic acids is 3. The van der Waals surface area contributed by atoms with Crippen LogP contribution >= 0.6 is 7.37 Å². The molecule has 11 heteroatoms. The molecule has 1 aromatic rings. The van der Waals surface area contributed by atoms with Crippen molar-refractivity contribution in [2.24, 2.45) is 11.3 Å². The summed E-state index contributed by atoms with van der Waals surface area (Å²) in [6.45, 7) is 11.3. The summed E-state index contributed by atoms with van der Waals surface area (Å²) in [7, 11) is -4.39. The van der Waals surface area contributed by atoms with Gasteiger partial charge in [-0.15, -0.1) is 6.58 Å². The van der Waals surface area contributed by atoms with E-state index in [0.29, 0.717) is 25.8 Å². The molecule has 5 atom stereocenters. The van der Waals surface area contributed by atoms with Gasteiger partial charge in [0.2, 0.25) is 25.1 Å². The number of amides is 3. The van der Waals surface area contributed by atoms with Crippen molar-refractivity contribution in [1.82, 2.24) is 15.5 Å². The van der Waals surface area contributed by atoms with E-state index >= 15 is 0 Å². The molecule has 2 aliphatic rings. The minimum absolute atomic E-state index is 0.0877. The van der Waals surface area contributed by atoms with E-state index in [0.717, 1.165) is 12.1 Å². The molecular formula is C27H38F2N3O5P. The summed E-state index contributed by atoms with van der Waals surface area (Å²) in [5.74, 6) is -3.72. The summed E-state index contributed by atoms with van der Waals surface area (Å²) < 4.78 is 42.1. The summed E-state index contributed by atoms with van der Waals surface area (Å²) in [4.78, 5) is 51.9. The highest BCUT2D eigenvalue weighted by molar-refractivity contribution is 7.59. The van der Waals surface area contributed by atoms with Crippen molar-refractivity contribution in [1.29, 1.82) is 0 Å². The van der Waals surface area contributed by atoms with Gasteiger partial charge < -0.3 is 20.4 Å². The maximum absolute atomic E-state index is 14.3. The zero-order valence-electron chi connectivity index (χ0n) is 22.4. The highest BCUT2D eigenvalue weighted by Crippen LogP contribution is 2.71. The topological polar surface area (TPSA) is 116 Å². The molecule has 1 aliphatic heterocycles. The molecule has 2 fully saturated rings. The first-order valence-electron chi connectivity index (χ1n) is 13.0. The second-order valence-electron chi connectivity index (χ2n) is 11.3. The summed E-state index contributed by atoms with van der Waals surface area (Å²) in [5, 5.41) is 3.86. The van der Waals surface area contributed by atoms with Crippen molar-refractivity contribution < 1.29 is 32.6 Å². The number of halogens is 2. The van der Waals surface area contributed by atoms with Crippen LogP contribution in [0.2, 0.25) is 0 Å². The Bertz CT molecular complexity index is 1130. The lowest BCUT2D eigenvalue weighted by molar-refractivity contribution is -0.144. The Labute approximate surface area is 222 Å². The molecule has 0 radical (unpaired) electrons. The fourth-order valence-corrected chi connectivity index (χ4v) is 7.50. The first kappa shape index (κ1) is 30.0. The Morgan fingerprint density at radius 1 is 1.29 bits per heavy atom. The Morgan fingerprint density at radius 2 is 1.92 bits per heavy atom. The number of hydrogen-bond donors (Lipinski definition) is 3. The van der Waals surface area contributed by atoms with Gasteiger partial charge in [0.05, 0.1) is 6.16 Å². The smallest absolute Gasteiger partial charge is 0.246 e. The zero-order chi connectivity index (χ0) is 28.5. The van der Waals surface area contributed by atoms with Gasteiger partial charge in [-0.2, -0.15) is 0 Å². The molecule has 0 spiro atoms. The highest BCUT2D eigenvalue weighted by atomic mass is 31.2. The van der Waals surface area contributed by atoms with Crippen molar-refractivity contribution >= 4 is 25.1 Å². The quantitative estimate of drug-likeness (QED) is 0.298. The van der Waals surface area contributed by atoms with Gasteiger partial charge in [-0.3, -0.25) is 18.9 Å². The van der Waals surface area contributed by atoms with Crippen LogP contribution in [-0.4, -0.2) is 51.4 Å². The van der Waals surface area contributed by atoms with Crippen molar-refractivity contribution in [3.63, 3.8) is 0 Å². The molecule has 0 bridgehead atoms. The lowest BCUT2D eigenvalue weighted by Crippen LogP contribution is -2.58. The van der Waals surface area contributed by atoms with E-state index in [2.05, 4.69) is 17.2 Å². The molecule has 38 heavy (non-hydrogen) atoms. The van der Waals surface area contributed by atoms with Gasteiger partial charge in [0.15, 0.2) is 0 Å². The molecule has 3 amide bonds. The van der Waals surface area contributed by atoms with Gasteiger partial charge in [-0.1, -0.05) is 39.8 Å². The number of rotatable bonds is 10. The summed E-state index contributed by atoms with van der Waals surface area (Å²) >= 11 is 0. The summed E-state index contributed by atoms with van der Waals surface area (Å²) in [6.07, 6.45) is 2.50. The lowest BCUT2D eigenvalue weighted by atomic mass is 9.85. The first-order chi connectivity index (χ1) is 17.7. The van der Waals surface area contributed by atoms with E-state index in [1.807, 2.05) is 27.7 Å².